The maximum Gasteiger partial charge on any atom is 0.239 e. The third-order valence-corrected chi connectivity index (χ3v) is 11.5. The van der Waals surface area contributed by atoms with E-state index in [1.807, 2.05) is 37.8 Å². The molecule has 0 radical (unpaired) electrons. The quantitative estimate of drug-likeness (QED) is 0.0802. The number of benzene rings is 1. The molecule has 0 aromatic heterocycles. The van der Waals surface area contributed by atoms with Crippen LogP contribution in [0.25, 0.3) is 0 Å². The van der Waals surface area contributed by atoms with Crippen molar-refractivity contribution in [3.8, 4) is 11.5 Å². The number of phenolic OH excluding ortho intramolecular Hbond substituents is 1. The first-order valence-electron chi connectivity index (χ1n) is 19.8. The molecule has 0 spiro atoms. The highest BCUT2D eigenvalue weighted by atomic mass is 16.7. The zero-order valence-corrected chi connectivity index (χ0v) is 31.7. The number of nitrogens with zero attached hydrogens (tertiary/aromatic N) is 2. The van der Waals surface area contributed by atoms with Crippen molar-refractivity contribution in [2.75, 3.05) is 26.4 Å². The Hall–Kier alpha value is -2.88. The predicted molar refractivity (Wildman–Crippen MR) is 201 cm³/mol. The van der Waals surface area contributed by atoms with Gasteiger partial charge >= 0.3 is 0 Å². The number of carbonyl (C=O) groups is 1. The smallest absolute Gasteiger partial charge is 0.239 e. The molecule has 3 aliphatic carbocycles. The molecule has 51 heavy (non-hydrogen) atoms. The highest BCUT2D eigenvalue weighted by Crippen LogP contribution is 2.62. The number of rotatable bonds is 18. The van der Waals surface area contributed by atoms with Crippen LogP contribution in [-0.2, 0) is 14.4 Å². The highest BCUT2D eigenvalue weighted by molar-refractivity contribution is 6.03. The maximum absolute atomic E-state index is 14.5. The van der Waals surface area contributed by atoms with Crippen LogP contribution in [0.2, 0.25) is 0 Å². The lowest BCUT2D eigenvalue weighted by Gasteiger charge is -2.60. The number of fused-ring (bicyclic) bond motifs is 2. The monoisotopic (exact) mass is 708 g/mol. The van der Waals surface area contributed by atoms with E-state index in [2.05, 4.69) is 19.6 Å². The fourth-order valence-electron chi connectivity index (χ4n) is 9.32. The van der Waals surface area contributed by atoms with E-state index in [-0.39, 0.29) is 55.1 Å². The molecule has 0 unspecified atom stereocenters. The summed E-state index contributed by atoms with van der Waals surface area (Å²) >= 11 is 0. The molecular formula is C42H64N2O7. The van der Waals surface area contributed by atoms with Gasteiger partial charge in [0.1, 0.15) is 23.1 Å². The zero-order valence-electron chi connectivity index (χ0n) is 31.7. The normalized spacial score (nSPS) is 28.1. The number of carbonyl (C=O) groups excluding carboxylic acids is 1. The molecule has 3 N–H and O–H groups in total. The lowest BCUT2D eigenvalue weighted by molar-refractivity contribution is -0.257. The van der Waals surface area contributed by atoms with Crippen LogP contribution in [0.4, 0.5) is 0 Å². The number of hydrogen-bond acceptors (Lipinski definition) is 8. The second-order valence-corrected chi connectivity index (χ2v) is 16.3. The van der Waals surface area contributed by atoms with Crippen molar-refractivity contribution in [3.05, 3.63) is 48.1 Å². The van der Waals surface area contributed by atoms with Crippen molar-refractivity contribution < 1.29 is 34.4 Å². The van der Waals surface area contributed by atoms with Crippen LogP contribution >= 0.6 is 0 Å². The second kappa shape index (κ2) is 17.8. The van der Waals surface area contributed by atoms with Crippen LogP contribution in [0.15, 0.2) is 47.7 Å². The number of hydrogen-bond donors (Lipinski definition) is 3. The third kappa shape index (κ3) is 9.02. The number of aromatic hydroxyl groups is 1. The number of oxime groups is 1. The topological polar surface area (TPSA) is 121 Å². The summed E-state index contributed by atoms with van der Waals surface area (Å²) in [4.78, 5) is 22.7. The number of aliphatic hydroxyl groups is 2. The van der Waals surface area contributed by atoms with Crippen LogP contribution < -0.4 is 4.74 Å². The predicted octanol–water partition coefficient (Wildman–Crippen LogP) is 8.03. The number of unbranched alkanes of at least 4 members (excludes halogenated alkanes) is 2. The second-order valence-electron chi connectivity index (χ2n) is 16.3. The van der Waals surface area contributed by atoms with Gasteiger partial charge in [-0.1, -0.05) is 62.8 Å². The molecule has 1 aromatic rings. The minimum atomic E-state index is -1.25. The van der Waals surface area contributed by atoms with Gasteiger partial charge in [0.15, 0.2) is 0 Å². The number of allylic oxidation sites excluding steroid dienone is 1. The summed E-state index contributed by atoms with van der Waals surface area (Å²) in [7, 11) is 0. The Bertz CT molecular complexity index is 1380. The molecular weight excluding hydrogens is 644 g/mol. The van der Waals surface area contributed by atoms with Gasteiger partial charge in [0, 0.05) is 44.1 Å². The van der Waals surface area contributed by atoms with E-state index in [0.717, 1.165) is 61.8 Å². The summed E-state index contributed by atoms with van der Waals surface area (Å²) in [6.07, 6.45) is 16.4. The van der Waals surface area contributed by atoms with Gasteiger partial charge in [-0.15, -0.1) is 6.58 Å². The van der Waals surface area contributed by atoms with Gasteiger partial charge in [-0.3, -0.25) is 4.79 Å². The lowest BCUT2D eigenvalue weighted by atomic mass is 9.55. The van der Waals surface area contributed by atoms with Crippen LogP contribution in [0.3, 0.4) is 0 Å². The van der Waals surface area contributed by atoms with Crippen LogP contribution in [-0.4, -0.2) is 75.6 Å². The molecule has 2 fully saturated rings. The van der Waals surface area contributed by atoms with Gasteiger partial charge in [-0.05, 0) is 101 Å². The Morgan fingerprint density at radius 3 is 2.49 bits per heavy atom. The summed E-state index contributed by atoms with van der Waals surface area (Å²) in [6, 6.07) is 4.86. The van der Waals surface area contributed by atoms with E-state index in [1.54, 1.807) is 12.1 Å². The zero-order chi connectivity index (χ0) is 36.6. The Labute approximate surface area is 306 Å². The van der Waals surface area contributed by atoms with Gasteiger partial charge < -0.3 is 34.5 Å². The molecule has 1 aliphatic heterocycles. The number of aliphatic hydroxyl groups excluding tert-OH is 2. The first kappa shape index (κ1) is 39.3. The van der Waals surface area contributed by atoms with E-state index >= 15 is 0 Å². The van der Waals surface area contributed by atoms with Crippen LogP contribution in [0.5, 0.6) is 11.5 Å². The average Bonchev–Trinajstić information content (AvgIpc) is 3.63. The van der Waals surface area contributed by atoms with Gasteiger partial charge in [-0.25, -0.2) is 0 Å². The Morgan fingerprint density at radius 1 is 1.10 bits per heavy atom. The molecule has 5 rings (SSSR count). The van der Waals surface area contributed by atoms with E-state index in [9.17, 15) is 20.1 Å². The van der Waals surface area contributed by atoms with Gasteiger partial charge in [0.25, 0.3) is 0 Å². The highest BCUT2D eigenvalue weighted by Gasteiger charge is 2.65. The molecule has 2 saturated carbocycles. The summed E-state index contributed by atoms with van der Waals surface area (Å²) in [5.41, 5.74) is 2.22. The average molecular weight is 709 g/mol. The molecule has 9 heteroatoms. The van der Waals surface area contributed by atoms with Crippen molar-refractivity contribution in [3.63, 3.8) is 0 Å². The molecule has 0 bridgehead atoms. The molecule has 0 saturated heterocycles. The number of phenols is 1. The molecule has 1 aromatic carbocycles. The first-order chi connectivity index (χ1) is 24.6. The summed E-state index contributed by atoms with van der Waals surface area (Å²) < 4.78 is 14.2. The van der Waals surface area contributed by atoms with Crippen molar-refractivity contribution in [2.24, 2.45) is 28.8 Å². The molecule has 284 valence electrons. The van der Waals surface area contributed by atoms with Crippen molar-refractivity contribution in [2.45, 2.75) is 141 Å². The molecule has 4 aliphatic rings. The molecule has 6 atom stereocenters. The maximum atomic E-state index is 14.5. The van der Waals surface area contributed by atoms with Crippen molar-refractivity contribution >= 4 is 11.6 Å². The summed E-state index contributed by atoms with van der Waals surface area (Å²) in [6.45, 7) is 13.1. The van der Waals surface area contributed by atoms with Crippen molar-refractivity contribution in [1.82, 2.24) is 4.90 Å². The summed E-state index contributed by atoms with van der Waals surface area (Å²) in [5.74, 6) is 0.0714. The first-order valence-corrected chi connectivity index (χ1v) is 19.8. The Morgan fingerprint density at radius 2 is 1.82 bits per heavy atom. The van der Waals surface area contributed by atoms with E-state index < -0.39 is 17.4 Å². The van der Waals surface area contributed by atoms with Gasteiger partial charge in [-0.2, -0.15) is 0 Å². The number of amides is 1. The minimum absolute atomic E-state index is 0.118. The van der Waals surface area contributed by atoms with Gasteiger partial charge in [0.2, 0.25) is 11.7 Å². The molecule has 1 heterocycles. The molecule has 1 amide bonds. The van der Waals surface area contributed by atoms with Crippen LogP contribution in [0.1, 0.15) is 129 Å². The SMILES string of the molecule is C=CCO[C@@]12Oc3ccc(O)cc3[C@H]3[C@H](CCCCO)[C@@H](CCCCO)C=C(C(=NOC(C)(C)C)C[C@@H]1N(CCC)C(=O)CCC1CCCC1)[C@H]32. The standard InChI is InChI=1S/C42H64N2O7/c1-6-22-44(38(48)21-18-29-14-8-9-15-29)37-28-35(43-51-41(3,4)5)33-26-30(16-10-12-23-45)32(17-11-13-24-46)39-34-27-31(47)19-20-36(34)50-42(37,40(33)39)49-25-7-2/h7,19-20,26-27,29-30,32,37,39-40,45-47H,2,6,8-18,21-25,28H2,1,3-5H3/t30-,32+,37-,39+,40+,42+/m0/s1. The van der Waals surface area contributed by atoms with E-state index in [4.69, 9.17) is 19.5 Å². The largest absolute Gasteiger partial charge is 0.508 e. The van der Waals surface area contributed by atoms with E-state index in [0.29, 0.717) is 37.5 Å². The summed E-state index contributed by atoms with van der Waals surface area (Å²) in [5, 5.41) is 35.3. The van der Waals surface area contributed by atoms with Crippen molar-refractivity contribution in [1.29, 1.82) is 0 Å². The Balaban J connectivity index is 1.72. The third-order valence-electron chi connectivity index (χ3n) is 11.5. The molecule has 9 nitrogen and oxygen atoms in total. The van der Waals surface area contributed by atoms with Gasteiger partial charge in [0.05, 0.1) is 18.2 Å². The Kier molecular flexibility index (Phi) is 13.7. The fraction of sp³-hybridized carbons (Fsp3) is 0.714. The number of ether oxygens (including phenoxy) is 2. The van der Waals surface area contributed by atoms with E-state index in [1.165, 1.54) is 25.7 Å². The van der Waals surface area contributed by atoms with Crippen LogP contribution in [0, 0.1) is 23.7 Å². The minimum Gasteiger partial charge on any atom is -0.508 e. The lowest BCUT2D eigenvalue weighted by Crippen LogP contribution is -2.70. The fourth-order valence-corrected chi connectivity index (χ4v) is 9.32.